The van der Waals surface area contributed by atoms with Crippen molar-refractivity contribution in [1.29, 1.82) is 0 Å². The molecule has 2 unspecified atom stereocenters. The van der Waals surface area contributed by atoms with E-state index < -0.39 is 8.07 Å². The van der Waals surface area contributed by atoms with E-state index in [4.69, 9.17) is 4.99 Å². The number of benzene rings is 9. The molecule has 1 aromatic heterocycles. The molecule has 0 saturated heterocycles. The molecule has 1 aliphatic heterocycles. The predicted octanol–water partition coefficient (Wildman–Crippen LogP) is 9.14. The molecule has 10 aromatic rings. The van der Waals surface area contributed by atoms with Crippen molar-refractivity contribution in [2.45, 2.75) is 12.3 Å². The monoisotopic (exact) mass is 813 g/mol. The molecule has 9 aromatic carbocycles. The summed E-state index contributed by atoms with van der Waals surface area (Å²) in [6.07, 6.45) is -0.153. The van der Waals surface area contributed by atoms with Crippen LogP contribution < -0.4 is 31.4 Å². The van der Waals surface area contributed by atoms with E-state index in [2.05, 4.69) is 258 Å². The number of aliphatic imine (C=N–C) groups is 1. The van der Waals surface area contributed by atoms with E-state index in [-0.39, 0.29) is 12.3 Å². The first-order valence-corrected chi connectivity index (χ1v) is 23.4. The zero-order valence-corrected chi connectivity index (χ0v) is 35.2. The van der Waals surface area contributed by atoms with Crippen LogP contribution in [-0.4, -0.2) is 18.5 Å². The first-order chi connectivity index (χ1) is 30.7. The first-order valence-electron chi connectivity index (χ1n) is 21.4. The maximum Gasteiger partial charge on any atom is 0.230 e. The fourth-order valence-electron chi connectivity index (χ4n) is 9.61. The third kappa shape index (κ3) is 6.69. The summed E-state index contributed by atoms with van der Waals surface area (Å²) in [5.74, 6) is 1.00. The Balaban J connectivity index is 0.960. The van der Waals surface area contributed by atoms with Crippen LogP contribution in [0.25, 0.3) is 38.6 Å². The molecular weight excluding hydrogens is 769 g/mol. The number of fused-ring (bicyclic) bond motifs is 3. The van der Waals surface area contributed by atoms with Gasteiger partial charge >= 0.3 is 0 Å². The van der Waals surface area contributed by atoms with Crippen LogP contribution in [0.5, 0.6) is 0 Å². The lowest BCUT2D eigenvalue weighted by atomic mass is 10.0. The topological polar surface area (TPSA) is 45.9 Å². The summed E-state index contributed by atoms with van der Waals surface area (Å²) in [5, 5.41) is 14.0. The second-order valence-corrected chi connectivity index (χ2v) is 19.9. The van der Waals surface area contributed by atoms with Crippen molar-refractivity contribution in [3.8, 4) is 16.8 Å². The standard InChI is InChI=1S/C57H44N4Si/c1-6-18-42(19-7-1)55-58-56(43-20-8-2-9-21-43)60-57(59-55)44-30-35-46(36-31-44)61-53-29-17-16-28-51(53)52-40-45(34-39-54(52)61)41-32-37-50(38-33-41)62(47-22-10-3-11-23-47,48-24-12-4-13-25-48)49-26-14-5-15-27-49/h1-40,55,57,59H,(H,58,60)/p+1. The fraction of sp³-hybridized carbons (Fsp3) is 0.0351. The molecule has 0 amide bonds. The van der Waals surface area contributed by atoms with Crippen LogP contribution >= 0.6 is 0 Å². The number of quaternary nitrogens is 1. The van der Waals surface area contributed by atoms with Crippen molar-refractivity contribution >= 4 is 56.5 Å². The molecule has 0 radical (unpaired) electrons. The summed E-state index contributed by atoms with van der Waals surface area (Å²) >= 11 is 0. The Morgan fingerprint density at radius 3 is 1.52 bits per heavy atom. The van der Waals surface area contributed by atoms with Gasteiger partial charge in [-0.25, -0.2) is 10.3 Å². The third-order valence-corrected chi connectivity index (χ3v) is 17.4. The van der Waals surface area contributed by atoms with E-state index in [0.717, 1.165) is 22.6 Å². The molecule has 0 fully saturated rings. The highest BCUT2D eigenvalue weighted by Gasteiger charge is 2.41. The largest absolute Gasteiger partial charge is 0.309 e. The van der Waals surface area contributed by atoms with Gasteiger partial charge in [-0.15, -0.1) is 0 Å². The van der Waals surface area contributed by atoms with E-state index >= 15 is 0 Å². The van der Waals surface area contributed by atoms with Crippen LogP contribution in [0.4, 0.5) is 0 Å². The Kier molecular flexibility index (Phi) is 9.83. The van der Waals surface area contributed by atoms with Crippen LogP contribution in [0.1, 0.15) is 29.0 Å². The maximum absolute atomic E-state index is 5.24. The lowest BCUT2D eigenvalue weighted by Crippen LogP contribution is -2.93. The van der Waals surface area contributed by atoms with E-state index in [0.29, 0.717) is 0 Å². The number of para-hydroxylation sites is 1. The van der Waals surface area contributed by atoms with Crippen molar-refractivity contribution in [3.63, 3.8) is 0 Å². The Hall–Kier alpha value is -7.41. The second kappa shape index (κ2) is 16.2. The number of aromatic nitrogens is 1. The predicted molar refractivity (Wildman–Crippen MR) is 260 cm³/mol. The number of hydrogen-bond donors (Lipinski definition) is 2. The molecule has 296 valence electrons. The van der Waals surface area contributed by atoms with Gasteiger partial charge in [0.05, 0.1) is 16.6 Å². The van der Waals surface area contributed by atoms with Gasteiger partial charge in [-0.2, -0.15) is 0 Å². The molecule has 11 rings (SSSR count). The van der Waals surface area contributed by atoms with E-state index in [1.807, 2.05) is 0 Å². The molecule has 0 spiro atoms. The van der Waals surface area contributed by atoms with Crippen LogP contribution in [-0.2, 0) is 0 Å². The molecular formula is C57H45N4Si+. The summed E-state index contributed by atoms with van der Waals surface area (Å²) in [6, 6.07) is 88.6. The number of nitrogens with zero attached hydrogens (tertiary/aromatic N) is 2. The highest BCUT2D eigenvalue weighted by atomic mass is 28.3. The summed E-state index contributed by atoms with van der Waals surface area (Å²) < 4.78 is 2.40. The zero-order chi connectivity index (χ0) is 41.3. The molecule has 2 heterocycles. The van der Waals surface area contributed by atoms with Crippen LogP contribution in [0.2, 0.25) is 0 Å². The normalized spacial score (nSPS) is 15.4. The van der Waals surface area contributed by atoms with Gasteiger partial charge in [-0.3, -0.25) is 5.32 Å². The average Bonchev–Trinajstić information content (AvgIpc) is 3.69. The smallest absolute Gasteiger partial charge is 0.230 e. The zero-order valence-electron chi connectivity index (χ0n) is 34.2. The van der Waals surface area contributed by atoms with Crippen molar-refractivity contribution < 1.29 is 5.32 Å². The summed E-state index contributed by atoms with van der Waals surface area (Å²) in [4.78, 5) is 5.24. The Bertz CT molecular complexity index is 3050. The number of nitrogens with one attached hydrogen (secondary N) is 1. The van der Waals surface area contributed by atoms with Crippen LogP contribution in [0.15, 0.2) is 248 Å². The van der Waals surface area contributed by atoms with Gasteiger partial charge in [0.25, 0.3) is 0 Å². The van der Waals surface area contributed by atoms with Crippen molar-refractivity contribution in [3.05, 3.63) is 259 Å². The maximum atomic E-state index is 5.24. The van der Waals surface area contributed by atoms with Gasteiger partial charge in [-0.1, -0.05) is 200 Å². The minimum atomic E-state index is -2.61. The number of nitrogens with two attached hydrogens (primary N) is 1. The van der Waals surface area contributed by atoms with Gasteiger partial charge in [0.1, 0.15) is 6.17 Å². The van der Waals surface area contributed by atoms with Crippen LogP contribution in [0.3, 0.4) is 0 Å². The average molecular weight is 814 g/mol. The minimum absolute atomic E-state index is 0.0394. The summed E-state index contributed by atoms with van der Waals surface area (Å²) in [5.41, 5.74) is 9.37. The molecule has 0 bridgehead atoms. The van der Waals surface area contributed by atoms with Gasteiger partial charge in [0.15, 0.2) is 14.2 Å². The highest BCUT2D eigenvalue weighted by Crippen LogP contribution is 2.35. The summed E-state index contributed by atoms with van der Waals surface area (Å²) in [7, 11) is -2.61. The fourth-order valence-corrected chi connectivity index (χ4v) is 14.4. The Labute approximate surface area is 363 Å². The number of hydrogen-bond acceptors (Lipinski definition) is 2. The molecule has 5 heteroatoms. The molecule has 2 atom stereocenters. The Morgan fingerprint density at radius 2 is 0.903 bits per heavy atom. The quantitative estimate of drug-likeness (QED) is 0.111. The number of amidine groups is 1. The van der Waals surface area contributed by atoms with Gasteiger partial charge in [0, 0.05) is 22.0 Å². The third-order valence-electron chi connectivity index (χ3n) is 12.6. The number of rotatable bonds is 9. The van der Waals surface area contributed by atoms with E-state index in [1.165, 1.54) is 59.2 Å². The van der Waals surface area contributed by atoms with Crippen LogP contribution in [0, 0.1) is 0 Å². The van der Waals surface area contributed by atoms with Crippen molar-refractivity contribution in [2.75, 3.05) is 0 Å². The van der Waals surface area contributed by atoms with Gasteiger partial charge in [-0.05, 0) is 79.9 Å². The SMILES string of the molecule is c1ccc(C2=NC(c3ccc(-n4c5ccccc5c5cc(-c6ccc([Si](c7ccccc7)(c7ccccc7)c7ccccc7)cc6)ccc54)cc3)NC(c3ccccc3)[NH2+]2)cc1. The second-order valence-electron chi connectivity index (χ2n) is 16.1. The lowest BCUT2D eigenvalue weighted by molar-refractivity contribution is -0.600. The van der Waals surface area contributed by atoms with E-state index in [9.17, 15) is 0 Å². The highest BCUT2D eigenvalue weighted by molar-refractivity contribution is 7.19. The molecule has 0 saturated carbocycles. The first kappa shape index (κ1) is 37.6. The molecule has 1 aliphatic rings. The van der Waals surface area contributed by atoms with Gasteiger partial charge < -0.3 is 4.57 Å². The lowest BCUT2D eigenvalue weighted by Gasteiger charge is -2.34. The molecule has 3 N–H and O–H groups in total. The summed E-state index contributed by atoms with van der Waals surface area (Å²) in [6.45, 7) is 0. The molecule has 0 aliphatic carbocycles. The van der Waals surface area contributed by atoms with E-state index in [1.54, 1.807) is 0 Å². The molecule has 4 nitrogen and oxygen atoms in total. The van der Waals surface area contributed by atoms with Crippen molar-refractivity contribution in [2.24, 2.45) is 4.99 Å². The molecule has 62 heavy (non-hydrogen) atoms. The minimum Gasteiger partial charge on any atom is -0.309 e. The Morgan fingerprint density at radius 1 is 0.403 bits per heavy atom. The van der Waals surface area contributed by atoms with Crippen molar-refractivity contribution in [1.82, 2.24) is 9.88 Å². The van der Waals surface area contributed by atoms with Gasteiger partial charge in [0.2, 0.25) is 5.84 Å².